The Balaban J connectivity index is 1.55. The molecule has 3 rings (SSSR count). The first-order valence-electron chi connectivity index (χ1n) is 9.06. The molecule has 2 heterocycles. The van der Waals surface area contributed by atoms with Crippen LogP contribution in [0.25, 0.3) is 6.08 Å². The van der Waals surface area contributed by atoms with Crippen LogP contribution in [0.1, 0.15) is 24.8 Å². The van der Waals surface area contributed by atoms with Crippen LogP contribution in [0.4, 0.5) is 4.39 Å². The highest BCUT2D eigenvalue weighted by Gasteiger charge is 2.47. The van der Waals surface area contributed by atoms with Crippen LogP contribution in [0.15, 0.2) is 30.3 Å². The lowest BCUT2D eigenvalue weighted by molar-refractivity contribution is -0.146. The second-order valence-electron chi connectivity index (χ2n) is 7.11. The number of methoxy groups -OCH3 is 1. The van der Waals surface area contributed by atoms with Crippen molar-refractivity contribution in [1.82, 2.24) is 9.80 Å². The zero-order chi connectivity index (χ0) is 17.7. The molecule has 1 aromatic carbocycles. The van der Waals surface area contributed by atoms with Gasteiger partial charge in [0.2, 0.25) is 5.91 Å². The molecule has 0 N–H and O–H groups in total. The van der Waals surface area contributed by atoms with E-state index in [2.05, 4.69) is 11.0 Å². The molecule has 2 saturated heterocycles. The van der Waals surface area contributed by atoms with Gasteiger partial charge in [-0.25, -0.2) is 4.39 Å². The van der Waals surface area contributed by atoms with Crippen molar-refractivity contribution < 1.29 is 13.9 Å². The molecule has 1 unspecified atom stereocenters. The predicted octanol–water partition coefficient (Wildman–Crippen LogP) is 2.80. The van der Waals surface area contributed by atoms with Crippen LogP contribution in [0.2, 0.25) is 0 Å². The Morgan fingerprint density at radius 2 is 2.04 bits per heavy atom. The van der Waals surface area contributed by atoms with E-state index in [4.69, 9.17) is 4.74 Å². The summed E-state index contributed by atoms with van der Waals surface area (Å²) in [5.41, 5.74) is 0.796. The van der Waals surface area contributed by atoms with Crippen molar-refractivity contribution in [3.05, 3.63) is 41.7 Å². The van der Waals surface area contributed by atoms with Gasteiger partial charge in [-0.1, -0.05) is 24.3 Å². The van der Waals surface area contributed by atoms with Gasteiger partial charge >= 0.3 is 0 Å². The molecule has 1 aromatic rings. The standard InChI is InChI=1S/C20H27FN2O2/c1-25-15-14-23-12-3-9-20(19(23)24)10-13-22(16-20)11-2-4-17-5-7-18(21)8-6-17/h2,4-8H,3,9-16H2,1H3. The van der Waals surface area contributed by atoms with Crippen molar-refractivity contribution in [3.8, 4) is 0 Å². The second kappa shape index (κ2) is 8.11. The fourth-order valence-electron chi connectivity index (χ4n) is 3.97. The highest BCUT2D eigenvalue weighted by molar-refractivity contribution is 5.84. The molecule has 0 aromatic heterocycles. The van der Waals surface area contributed by atoms with Gasteiger partial charge in [0.15, 0.2) is 0 Å². The molecule has 25 heavy (non-hydrogen) atoms. The van der Waals surface area contributed by atoms with Gasteiger partial charge in [-0.15, -0.1) is 0 Å². The first-order chi connectivity index (χ1) is 12.1. The summed E-state index contributed by atoms with van der Waals surface area (Å²) in [6.45, 7) is 4.77. The van der Waals surface area contributed by atoms with Crippen molar-refractivity contribution >= 4 is 12.0 Å². The molecule has 0 bridgehead atoms. The maximum atomic E-state index is 12.9. The minimum absolute atomic E-state index is 0.199. The summed E-state index contributed by atoms with van der Waals surface area (Å²) in [5, 5.41) is 0. The Hall–Kier alpha value is -1.72. The van der Waals surface area contributed by atoms with E-state index in [0.29, 0.717) is 19.1 Å². The summed E-state index contributed by atoms with van der Waals surface area (Å²) >= 11 is 0. The minimum Gasteiger partial charge on any atom is -0.383 e. The van der Waals surface area contributed by atoms with Gasteiger partial charge in [-0.2, -0.15) is 0 Å². The number of amides is 1. The minimum atomic E-state index is -0.215. The monoisotopic (exact) mass is 346 g/mol. The summed E-state index contributed by atoms with van der Waals surface area (Å²) in [6, 6.07) is 6.49. The van der Waals surface area contributed by atoms with Gasteiger partial charge in [-0.05, 0) is 43.5 Å². The van der Waals surface area contributed by atoms with Crippen LogP contribution in [0.3, 0.4) is 0 Å². The highest BCUT2D eigenvalue weighted by atomic mass is 19.1. The number of likely N-dealkylation sites (tertiary alicyclic amines) is 2. The lowest BCUT2D eigenvalue weighted by atomic mass is 9.78. The zero-order valence-corrected chi connectivity index (χ0v) is 14.9. The first-order valence-corrected chi connectivity index (χ1v) is 9.06. The number of rotatable bonds is 6. The Morgan fingerprint density at radius 3 is 2.80 bits per heavy atom. The zero-order valence-electron chi connectivity index (χ0n) is 14.9. The summed E-state index contributed by atoms with van der Waals surface area (Å²) in [4.78, 5) is 17.2. The molecule has 1 spiro atoms. The predicted molar refractivity (Wildman–Crippen MR) is 96.6 cm³/mol. The maximum Gasteiger partial charge on any atom is 0.230 e. The third-order valence-electron chi connectivity index (χ3n) is 5.37. The average molecular weight is 346 g/mol. The Bertz CT molecular complexity index is 617. The molecule has 4 nitrogen and oxygen atoms in total. The molecule has 1 atom stereocenters. The number of nitrogens with zero attached hydrogens (tertiary/aromatic N) is 2. The molecule has 5 heteroatoms. The molecule has 1 amide bonds. The molecule has 2 aliphatic rings. The van der Waals surface area contributed by atoms with E-state index in [1.165, 1.54) is 12.1 Å². The van der Waals surface area contributed by atoms with Crippen molar-refractivity contribution in [2.75, 3.05) is 46.4 Å². The van der Waals surface area contributed by atoms with E-state index in [1.54, 1.807) is 19.2 Å². The number of halogens is 1. The number of hydrogen-bond acceptors (Lipinski definition) is 3. The van der Waals surface area contributed by atoms with Gasteiger partial charge in [0, 0.05) is 33.3 Å². The number of ether oxygens (including phenoxy) is 1. The smallest absolute Gasteiger partial charge is 0.230 e. The third-order valence-corrected chi connectivity index (χ3v) is 5.37. The molecule has 2 fully saturated rings. The number of benzene rings is 1. The van der Waals surface area contributed by atoms with E-state index >= 15 is 0 Å². The normalized spacial score (nSPS) is 24.7. The van der Waals surface area contributed by atoms with Crippen LogP contribution in [0.5, 0.6) is 0 Å². The van der Waals surface area contributed by atoms with Crippen LogP contribution in [-0.2, 0) is 9.53 Å². The Kier molecular flexibility index (Phi) is 5.86. The summed E-state index contributed by atoms with van der Waals surface area (Å²) < 4.78 is 18.1. The van der Waals surface area contributed by atoms with E-state index in [-0.39, 0.29) is 11.2 Å². The molecular formula is C20H27FN2O2. The van der Waals surface area contributed by atoms with Crippen LogP contribution >= 0.6 is 0 Å². The van der Waals surface area contributed by atoms with Gasteiger partial charge < -0.3 is 9.64 Å². The number of carbonyl (C=O) groups excluding carboxylic acids is 1. The summed E-state index contributed by atoms with van der Waals surface area (Å²) in [7, 11) is 1.68. The average Bonchev–Trinajstić information content (AvgIpc) is 3.02. The van der Waals surface area contributed by atoms with Crippen LogP contribution < -0.4 is 0 Å². The van der Waals surface area contributed by atoms with Crippen LogP contribution in [-0.4, -0.2) is 62.1 Å². The molecular weight excluding hydrogens is 319 g/mol. The Morgan fingerprint density at radius 1 is 1.24 bits per heavy atom. The molecule has 0 radical (unpaired) electrons. The van der Waals surface area contributed by atoms with Crippen LogP contribution in [0, 0.1) is 11.2 Å². The lowest BCUT2D eigenvalue weighted by Gasteiger charge is -2.39. The quantitative estimate of drug-likeness (QED) is 0.794. The van der Waals surface area contributed by atoms with Crippen molar-refractivity contribution in [2.24, 2.45) is 5.41 Å². The number of piperidine rings is 1. The lowest BCUT2D eigenvalue weighted by Crippen LogP contribution is -2.50. The first kappa shape index (κ1) is 18.1. The Labute approximate surface area is 149 Å². The second-order valence-corrected chi connectivity index (χ2v) is 7.11. The van der Waals surface area contributed by atoms with Gasteiger partial charge in [-0.3, -0.25) is 9.69 Å². The van der Waals surface area contributed by atoms with Crippen molar-refractivity contribution in [2.45, 2.75) is 19.3 Å². The van der Waals surface area contributed by atoms with E-state index in [9.17, 15) is 9.18 Å². The van der Waals surface area contributed by atoms with E-state index in [1.807, 2.05) is 11.0 Å². The molecule has 2 aliphatic heterocycles. The van der Waals surface area contributed by atoms with Crippen molar-refractivity contribution in [1.29, 1.82) is 0 Å². The SMILES string of the molecule is COCCN1CCCC2(CCN(CC=Cc3ccc(F)cc3)C2)C1=O. The summed E-state index contributed by atoms with van der Waals surface area (Å²) in [6.07, 6.45) is 7.13. The molecule has 136 valence electrons. The number of hydrogen-bond donors (Lipinski definition) is 0. The van der Waals surface area contributed by atoms with Gasteiger partial charge in [0.25, 0.3) is 0 Å². The van der Waals surface area contributed by atoms with Crippen molar-refractivity contribution in [3.63, 3.8) is 0 Å². The number of carbonyl (C=O) groups is 1. The third kappa shape index (κ3) is 4.28. The highest BCUT2D eigenvalue weighted by Crippen LogP contribution is 2.39. The van der Waals surface area contributed by atoms with Gasteiger partial charge in [0.1, 0.15) is 5.82 Å². The fraction of sp³-hybridized carbons (Fsp3) is 0.550. The fourth-order valence-corrected chi connectivity index (χ4v) is 3.97. The summed E-state index contributed by atoms with van der Waals surface area (Å²) in [5.74, 6) is 0.0910. The van der Waals surface area contributed by atoms with Gasteiger partial charge in [0.05, 0.1) is 12.0 Å². The molecule has 0 saturated carbocycles. The molecule has 0 aliphatic carbocycles. The van der Waals surface area contributed by atoms with E-state index < -0.39 is 0 Å². The van der Waals surface area contributed by atoms with E-state index in [0.717, 1.165) is 51.0 Å². The largest absolute Gasteiger partial charge is 0.383 e. The maximum absolute atomic E-state index is 12.9. The topological polar surface area (TPSA) is 32.8 Å².